The molecular formula is C19H24N3O4S2+. The highest BCUT2D eigenvalue weighted by Crippen LogP contribution is 2.20. The lowest BCUT2D eigenvalue weighted by Crippen LogP contribution is -3.19. The van der Waals surface area contributed by atoms with E-state index in [0.717, 1.165) is 4.90 Å². The molecule has 150 valence electrons. The Morgan fingerprint density at radius 3 is 2.32 bits per heavy atom. The first-order chi connectivity index (χ1) is 13.3. The number of quaternary nitrogens is 1. The van der Waals surface area contributed by atoms with E-state index >= 15 is 0 Å². The highest BCUT2D eigenvalue weighted by Gasteiger charge is 2.34. The van der Waals surface area contributed by atoms with Gasteiger partial charge >= 0.3 is 0 Å². The summed E-state index contributed by atoms with van der Waals surface area (Å²) in [7, 11) is -3.44. The molecule has 0 unspecified atom stereocenters. The summed E-state index contributed by atoms with van der Waals surface area (Å²) in [4.78, 5) is 24.9. The second-order valence-corrected chi connectivity index (χ2v) is 9.95. The lowest BCUT2D eigenvalue weighted by Gasteiger charge is -2.33. The molecule has 0 radical (unpaired) electrons. The number of thiophene rings is 1. The molecule has 9 heteroatoms. The van der Waals surface area contributed by atoms with Crippen molar-refractivity contribution in [2.75, 3.05) is 31.5 Å². The lowest BCUT2D eigenvalue weighted by molar-refractivity contribution is -0.917. The molecule has 1 fully saturated rings. The summed E-state index contributed by atoms with van der Waals surface area (Å²) in [6.07, 6.45) is 0. The van der Waals surface area contributed by atoms with Gasteiger partial charge in [-0.2, -0.15) is 4.31 Å². The molecule has 1 saturated heterocycles. The molecule has 1 aromatic carbocycles. The number of piperazine rings is 1. The predicted octanol–water partition coefficient (Wildman–Crippen LogP) is 0.867. The highest BCUT2D eigenvalue weighted by molar-refractivity contribution is 7.91. The molecule has 0 spiro atoms. The first kappa shape index (κ1) is 20.7. The molecule has 0 aliphatic carbocycles. The van der Waals surface area contributed by atoms with E-state index in [-0.39, 0.29) is 17.7 Å². The van der Waals surface area contributed by atoms with Gasteiger partial charge in [-0.25, -0.2) is 8.42 Å². The Morgan fingerprint density at radius 1 is 1.14 bits per heavy atom. The number of carbonyl (C=O) groups excluding carboxylic acids is 2. The van der Waals surface area contributed by atoms with Crippen molar-refractivity contribution in [3.63, 3.8) is 0 Å². The smallest absolute Gasteiger partial charge is 0.282 e. The number of carbonyl (C=O) groups is 2. The van der Waals surface area contributed by atoms with Crippen LogP contribution in [0.4, 0.5) is 5.69 Å². The summed E-state index contributed by atoms with van der Waals surface area (Å²) >= 11 is 1.22. The van der Waals surface area contributed by atoms with Crippen LogP contribution in [0.15, 0.2) is 46.0 Å². The number of hydrogen-bond acceptors (Lipinski definition) is 5. The van der Waals surface area contributed by atoms with Crippen LogP contribution in [0.5, 0.6) is 0 Å². The van der Waals surface area contributed by atoms with Crippen molar-refractivity contribution in [3.8, 4) is 0 Å². The Hall–Kier alpha value is -2.07. The van der Waals surface area contributed by atoms with Crippen LogP contribution in [0, 0.1) is 0 Å². The van der Waals surface area contributed by atoms with Gasteiger partial charge in [0.15, 0.2) is 11.8 Å². The van der Waals surface area contributed by atoms with Crippen molar-refractivity contribution in [2.45, 2.75) is 24.1 Å². The number of nitrogens with zero attached hydrogens (tertiary/aromatic N) is 1. The largest absolute Gasteiger partial charge is 0.323 e. The monoisotopic (exact) mass is 422 g/mol. The van der Waals surface area contributed by atoms with Gasteiger partial charge in [-0.1, -0.05) is 6.07 Å². The average Bonchev–Trinajstić information content (AvgIpc) is 3.23. The molecule has 1 amide bonds. The number of hydrogen-bond donors (Lipinski definition) is 2. The zero-order chi connectivity index (χ0) is 20.3. The Bertz CT molecular complexity index is 932. The van der Waals surface area contributed by atoms with Crippen LogP contribution in [0.2, 0.25) is 0 Å². The molecule has 2 heterocycles. The third kappa shape index (κ3) is 4.49. The topological polar surface area (TPSA) is 88.0 Å². The standard InChI is InChI=1S/C19H23N3O4S2/c1-14(19(24)20-17-7-5-16(6-8-17)15(2)23)21-9-11-22(12-10-21)28(25,26)18-4-3-13-27-18/h3-8,13-14H,9-12H2,1-2H3,(H,20,24)/p+1/t14-/m1/s1. The van der Waals surface area contributed by atoms with Crippen molar-refractivity contribution in [1.82, 2.24) is 4.31 Å². The number of amides is 1. The molecule has 28 heavy (non-hydrogen) atoms. The minimum atomic E-state index is -3.44. The predicted molar refractivity (Wildman–Crippen MR) is 108 cm³/mol. The van der Waals surface area contributed by atoms with E-state index in [1.807, 2.05) is 6.92 Å². The molecule has 7 nitrogen and oxygen atoms in total. The summed E-state index contributed by atoms with van der Waals surface area (Å²) < 4.78 is 27.0. The van der Waals surface area contributed by atoms with Crippen molar-refractivity contribution in [3.05, 3.63) is 47.3 Å². The van der Waals surface area contributed by atoms with Crippen molar-refractivity contribution < 1.29 is 22.9 Å². The van der Waals surface area contributed by atoms with Gasteiger partial charge in [-0.15, -0.1) is 11.3 Å². The fourth-order valence-corrected chi connectivity index (χ4v) is 5.79. The number of anilines is 1. The SMILES string of the molecule is CC(=O)c1ccc(NC(=O)[C@@H](C)[NH+]2CCN(S(=O)(=O)c3cccs3)CC2)cc1. The van der Waals surface area contributed by atoms with Crippen LogP contribution < -0.4 is 10.2 Å². The Labute approximate surface area is 169 Å². The fourth-order valence-electron chi connectivity index (χ4n) is 3.21. The first-order valence-corrected chi connectivity index (χ1v) is 11.4. The third-order valence-electron chi connectivity index (χ3n) is 5.02. The summed E-state index contributed by atoms with van der Waals surface area (Å²) in [6.45, 7) is 5.27. The van der Waals surface area contributed by atoms with Gasteiger partial charge < -0.3 is 10.2 Å². The molecule has 1 atom stereocenters. The quantitative estimate of drug-likeness (QED) is 0.676. The van der Waals surface area contributed by atoms with Gasteiger partial charge in [-0.05, 0) is 49.6 Å². The normalized spacial score (nSPS) is 17.2. The van der Waals surface area contributed by atoms with Crippen LogP contribution in [-0.2, 0) is 14.8 Å². The van der Waals surface area contributed by atoms with Crippen LogP contribution in [-0.4, -0.2) is 56.6 Å². The average molecular weight is 423 g/mol. The second kappa shape index (κ2) is 8.52. The van der Waals surface area contributed by atoms with Gasteiger partial charge in [0.25, 0.3) is 15.9 Å². The molecule has 3 rings (SSSR count). The van der Waals surface area contributed by atoms with Crippen LogP contribution >= 0.6 is 11.3 Å². The van der Waals surface area contributed by atoms with E-state index in [1.165, 1.54) is 22.6 Å². The van der Waals surface area contributed by atoms with Gasteiger partial charge in [0.2, 0.25) is 0 Å². The van der Waals surface area contributed by atoms with Crippen LogP contribution in [0.25, 0.3) is 0 Å². The second-order valence-electron chi connectivity index (χ2n) is 6.84. The van der Waals surface area contributed by atoms with Gasteiger partial charge in [0, 0.05) is 11.3 Å². The fraction of sp³-hybridized carbons (Fsp3) is 0.368. The number of ketones is 1. The first-order valence-electron chi connectivity index (χ1n) is 9.09. The van der Waals surface area contributed by atoms with E-state index in [2.05, 4.69) is 5.32 Å². The Balaban J connectivity index is 1.56. The maximum atomic E-state index is 12.6. The molecule has 2 N–H and O–H groups in total. The molecule has 0 bridgehead atoms. The van der Waals surface area contributed by atoms with Crippen molar-refractivity contribution >= 4 is 38.7 Å². The van der Waals surface area contributed by atoms with E-state index in [4.69, 9.17) is 0 Å². The van der Waals surface area contributed by atoms with Crippen LogP contribution in [0.3, 0.4) is 0 Å². The summed E-state index contributed by atoms with van der Waals surface area (Å²) in [6, 6.07) is 9.83. The number of sulfonamides is 1. The van der Waals surface area contributed by atoms with Gasteiger partial charge in [-0.3, -0.25) is 9.59 Å². The highest BCUT2D eigenvalue weighted by atomic mass is 32.2. The zero-order valence-electron chi connectivity index (χ0n) is 15.8. The lowest BCUT2D eigenvalue weighted by atomic mass is 10.1. The summed E-state index contributed by atoms with van der Waals surface area (Å²) in [5.41, 5.74) is 1.24. The third-order valence-corrected chi connectivity index (χ3v) is 8.29. The van der Waals surface area contributed by atoms with Gasteiger partial charge in [0.1, 0.15) is 4.21 Å². The zero-order valence-corrected chi connectivity index (χ0v) is 17.5. The van der Waals surface area contributed by atoms with Crippen molar-refractivity contribution in [1.29, 1.82) is 0 Å². The van der Waals surface area contributed by atoms with E-state index < -0.39 is 10.0 Å². The molecule has 1 aromatic heterocycles. The summed E-state index contributed by atoms with van der Waals surface area (Å²) in [5.74, 6) is -0.147. The minimum Gasteiger partial charge on any atom is -0.323 e. The van der Waals surface area contributed by atoms with Crippen LogP contribution in [0.1, 0.15) is 24.2 Å². The Kier molecular flexibility index (Phi) is 6.29. The number of Topliss-reactive ketones (excluding diaryl/α,β-unsaturated/α-hetero) is 1. The molecule has 1 aliphatic rings. The minimum absolute atomic E-state index is 0.0222. The number of nitrogens with one attached hydrogen (secondary N) is 2. The molecule has 2 aromatic rings. The molecule has 1 aliphatic heterocycles. The molecular weight excluding hydrogens is 398 g/mol. The molecule has 0 saturated carbocycles. The number of rotatable bonds is 6. The van der Waals surface area contributed by atoms with Crippen molar-refractivity contribution in [2.24, 2.45) is 0 Å². The summed E-state index contributed by atoms with van der Waals surface area (Å²) in [5, 5.41) is 4.62. The Morgan fingerprint density at radius 2 is 1.79 bits per heavy atom. The van der Waals surface area contributed by atoms with E-state index in [0.29, 0.717) is 41.6 Å². The maximum Gasteiger partial charge on any atom is 0.282 e. The van der Waals surface area contributed by atoms with E-state index in [1.54, 1.807) is 41.8 Å². The van der Waals surface area contributed by atoms with E-state index in [9.17, 15) is 18.0 Å². The van der Waals surface area contributed by atoms with Gasteiger partial charge in [0.05, 0.1) is 26.2 Å². The maximum absolute atomic E-state index is 12.6. The number of benzene rings is 1.